The summed E-state index contributed by atoms with van der Waals surface area (Å²) in [6, 6.07) is 17.3. The zero-order valence-corrected chi connectivity index (χ0v) is 20.6. The highest BCUT2D eigenvalue weighted by Crippen LogP contribution is 2.22. The summed E-state index contributed by atoms with van der Waals surface area (Å²) in [5.41, 5.74) is 3.58. The van der Waals surface area contributed by atoms with Gasteiger partial charge in [-0.25, -0.2) is 9.97 Å². The van der Waals surface area contributed by atoms with Crippen molar-refractivity contribution in [1.82, 2.24) is 19.8 Å². The second kappa shape index (κ2) is 11.9. The number of aromatic nitrogens is 2. The highest BCUT2D eigenvalue weighted by atomic mass is 16.2. The van der Waals surface area contributed by atoms with Gasteiger partial charge in [-0.3, -0.25) is 14.5 Å². The van der Waals surface area contributed by atoms with Crippen LogP contribution >= 0.6 is 0 Å². The molecule has 1 aromatic heterocycles. The Labute approximate surface area is 211 Å². The number of piperazine rings is 1. The Morgan fingerprint density at radius 1 is 0.889 bits per heavy atom. The average Bonchev–Trinajstić information content (AvgIpc) is 2.85. The van der Waals surface area contributed by atoms with E-state index in [2.05, 4.69) is 30.8 Å². The first-order chi connectivity index (χ1) is 17.4. The van der Waals surface area contributed by atoms with Gasteiger partial charge in [0.2, 0.25) is 11.8 Å². The van der Waals surface area contributed by atoms with E-state index in [4.69, 9.17) is 0 Å². The molecule has 9 nitrogen and oxygen atoms in total. The fourth-order valence-corrected chi connectivity index (χ4v) is 3.93. The molecule has 0 saturated carbocycles. The van der Waals surface area contributed by atoms with Crippen LogP contribution < -0.4 is 16.0 Å². The molecule has 1 fully saturated rings. The summed E-state index contributed by atoms with van der Waals surface area (Å²) in [4.78, 5) is 36.5. The first-order valence-corrected chi connectivity index (χ1v) is 11.9. The number of nitrogens with one attached hydrogen (secondary N) is 3. The van der Waals surface area contributed by atoms with Gasteiger partial charge in [-0.05, 0) is 42.8 Å². The Hall–Kier alpha value is -4.24. The van der Waals surface area contributed by atoms with E-state index >= 15 is 0 Å². The van der Waals surface area contributed by atoms with Gasteiger partial charge in [-0.1, -0.05) is 24.3 Å². The van der Waals surface area contributed by atoms with E-state index in [1.54, 1.807) is 13.0 Å². The fraction of sp³-hybridized carbons (Fsp3) is 0.259. The number of rotatable bonds is 8. The molecule has 0 spiro atoms. The van der Waals surface area contributed by atoms with Gasteiger partial charge in [0.15, 0.2) is 0 Å². The number of hydrogen-bond donors (Lipinski definition) is 3. The van der Waals surface area contributed by atoms with Crippen LogP contribution in [0.3, 0.4) is 0 Å². The summed E-state index contributed by atoms with van der Waals surface area (Å²) >= 11 is 0. The molecule has 3 aromatic rings. The number of carbonyl (C=O) groups is 2. The number of carbonyl (C=O) groups excluding carboxylic acids is 2. The molecule has 1 saturated heterocycles. The van der Waals surface area contributed by atoms with E-state index in [1.165, 1.54) is 6.33 Å². The number of benzene rings is 2. The fourth-order valence-electron chi connectivity index (χ4n) is 3.93. The third kappa shape index (κ3) is 7.38. The zero-order valence-electron chi connectivity index (χ0n) is 20.6. The van der Waals surface area contributed by atoms with Crippen LogP contribution in [0, 0.1) is 6.92 Å². The van der Waals surface area contributed by atoms with E-state index in [1.807, 2.05) is 72.5 Å². The Morgan fingerprint density at radius 3 is 2.19 bits per heavy atom. The number of nitrogens with zero attached hydrogens (tertiary/aromatic N) is 4. The molecule has 0 aliphatic carbocycles. The van der Waals surface area contributed by atoms with Crippen LogP contribution in [0.2, 0.25) is 0 Å². The second-order valence-electron chi connectivity index (χ2n) is 8.69. The largest absolute Gasteiger partial charge is 0.340 e. The van der Waals surface area contributed by atoms with Crippen molar-refractivity contribution >= 4 is 40.5 Å². The minimum atomic E-state index is -0.193. The van der Waals surface area contributed by atoms with E-state index in [0.717, 1.165) is 43.1 Å². The van der Waals surface area contributed by atoms with Gasteiger partial charge in [0.25, 0.3) is 0 Å². The average molecular weight is 486 g/mol. The smallest absolute Gasteiger partial charge is 0.248 e. The molecule has 0 atom stereocenters. The second-order valence-corrected chi connectivity index (χ2v) is 8.69. The van der Waals surface area contributed by atoms with E-state index in [0.29, 0.717) is 23.9 Å². The van der Waals surface area contributed by atoms with E-state index < -0.39 is 0 Å². The van der Waals surface area contributed by atoms with Crippen molar-refractivity contribution in [3.63, 3.8) is 0 Å². The lowest BCUT2D eigenvalue weighted by Gasteiger charge is -2.33. The standard InChI is InChI=1S/C27H31N7O2/c1-20-6-3-7-22(16-20)30-25-18-26(29-19-28-25)31-23-8-4-9-24(17-23)32-27(36)10-5-11-33-12-14-34(15-13-33)21(2)35/h3-10,16-19H,11-15H2,1-2H3,(H,32,36)(H2,28,29,30,31)/b10-5+. The van der Waals surface area contributed by atoms with Crippen LogP contribution in [-0.4, -0.2) is 64.3 Å². The monoisotopic (exact) mass is 485 g/mol. The first kappa shape index (κ1) is 24.9. The number of hydrogen-bond acceptors (Lipinski definition) is 7. The van der Waals surface area contributed by atoms with Gasteiger partial charge in [0.05, 0.1) is 0 Å². The van der Waals surface area contributed by atoms with Crippen molar-refractivity contribution in [3.8, 4) is 0 Å². The van der Waals surface area contributed by atoms with E-state index in [9.17, 15) is 9.59 Å². The van der Waals surface area contributed by atoms with Crippen LogP contribution in [0.25, 0.3) is 0 Å². The van der Waals surface area contributed by atoms with Gasteiger partial charge >= 0.3 is 0 Å². The molecule has 0 bridgehead atoms. The summed E-state index contributed by atoms with van der Waals surface area (Å²) in [6.07, 6.45) is 4.90. The van der Waals surface area contributed by atoms with Crippen LogP contribution in [0.15, 0.2) is 73.1 Å². The van der Waals surface area contributed by atoms with E-state index in [-0.39, 0.29) is 11.8 Å². The number of aryl methyl sites for hydroxylation is 1. The predicted molar refractivity (Wildman–Crippen MR) is 143 cm³/mol. The third-order valence-corrected chi connectivity index (χ3v) is 5.81. The SMILES string of the molecule is CC(=O)N1CCN(C/C=C/C(=O)Nc2cccc(Nc3cc(Nc4cccc(C)c4)ncn3)c2)CC1. The molecule has 1 aliphatic rings. The normalized spacial score (nSPS) is 14.0. The molecular weight excluding hydrogens is 454 g/mol. The Bertz CT molecular complexity index is 1240. The minimum absolute atomic E-state index is 0.111. The molecule has 9 heteroatoms. The molecular formula is C27H31N7O2. The molecule has 3 N–H and O–H groups in total. The highest BCUT2D eigenvalue weighted by molar-refractivity contribution is 5.99. The Kier molecular flexibility index (Phi) is 8.25. The molecule has 0 unspecified atom stereocenters. The molecule has 1 aliphatic heterocycles. The van der Waals surface area contributed by atoms with Gasteiger partial charge < -0.3 is 20.9 Å². The van der Waals surface area contributed by atoms with Crippen LogP contribution in [0.5, 0.6) is 0 Å². The van der Waals surface area contributed by atoms with Crippen molar-refractivity contribution in [2.75, 3.05) is 48.7 Å². The molecule has 2 aromatic carbocycles. The topological polar surface area (TPSA) is 102 Å². The number of anilines is 5. The van der Waals surface area contributed by atoms with Crippen LogP contribution in [0.1, 0.15) is 12.5 Å². The zero-order chi connectivity index (χ0) is 25.3. The van der Waals surface area contributed by atoms with Crippen LogP contribution in [-0.2, 0) is 9.59 Å². The maximum Gasteiger partial charge on any atom is 0.248 e. The van der Waals surface area contributed by atoms with Crippen molar-refractivity contribution in [2.24, 2.45) is 0 Å². The Morgan fingerprint density at radius 2 is 1.53 bits per heavy atom. The highest BCUT2D eigenvalue weighted by Gasteiger charge is 2.17. The molecule has 2 amide bonds. The number of amides is 2. The maximum atomic E-state index is 12.4. The van der Waals surface area contributed by atoms with Crippen LogP contribution in [0.4, 0.5) is 28.7 Å². The summed E-state index contributed by atoms with van der Waals surface area (Å²) in [7, 11) is 0. The van der Waals surface area contributed by atoms with Gasteiger partial charge in [0, 0.05) is 68.9 Å². The van der Waals surface area contributed by atoms with Crippen molar-refractivity contribution < 1.29 is 9.59 Å². The summed E-state index contributed by atoms with van der Waals surface area (Å²) < 4.78 is 0. The van der Waals surface area contributed by atoms with Gasteiger partial charge in [-0.15, -0.1) is 0 Å². The summed E-state index contributed by atoms with van der Waals surface area (Å²) in [5, 5.41) is 9.43. The summed E-state index contributed by atoms with van der Waals surface area (Å²) in [6.45, 7) is 7.38. The third-order valence-electron chi connectivity index (χ3n) is 5.81. The Balaban J connectivity index is 1.29. The molecule has 0 radical (unpaired) electrons. The first-order valence-electron chi connectivity index (χ1n) is 11.9. The van der Waals surface area contributed by atoms with Crippen molar-refractivity contribution in [1.29, 1.82) is 0 Å². The molecule has 2 heterocycles. The van der Waals surface area contributed by atoms with Crippen molar-refractivity contribution in [3.05, 3.63) is 78.6 Å². The molecule has 4 rings (SSSR count). The maximum absolute atomic E-state index is 12.4. The molecule has 186 valence electrons. The lowest BCUT2D eigenvalue weighted by atomic mass is 10.2. The van der Waals surface area contributed by atoms with Gasteiger partial charge in [-0.2, -0.15) is 0 Å². The van der Waals surface area contributed by atoms with Crippen molar-refractivity contribution in [2.45, 2.75) is 13.8 Å². The quantitative estimate of drug-likeness (QED) is 0.416. The predicted octanol–water partition coefficient (Wildman–Crippen LogP) is 3.93. The lowest BCUT2D eigenvalue weighted by molar-refractivity contribution is -0.130. The lowest BCUT2D eigenvalue weighted by Crippen LogP contribution is -2.47. The minimum Gasteiger partial charge on any atom is -0.340 e. The van der Waals surface area contributed by atoms with Gasteiger partial charge in [0.1, 0.15) is 18.0 Å². The summed E-state index contributed by atoms with van der Waals surface area (Å²) in [5.74, 6) is 1.23. The molecule has 36 heavy (non-hydrogen) atoms.